The lowest BCUT2D eigenvalue weighted by molar-refractivity contribution is -0.0396. The zero-order valence-corrected chi connectivity index (χ0v) is 22.5. The third-order valence-corrected chi connectivity index (χ3v) is 8.70. The highest BCUT2D eigenvalue weighted by molar-refractivity contribution is 7.90. The second-order valence-corrected chi connectivity index (χ2v) is 11.5. The van der Waals surface area contributed by atoms with Crippen molar-refractivity contribution in [2.75, 3.05) is 6.61 Å². The van der Waals surface area contributed by atoms with Crippen LogP contribution in [-0.4, -0.2) is 28.8 Å². The molecule has 1 atom stereocenters. The van der Waals surface area contributed by atoms with E-state index in [1.54, 1.807) is 41.2 Å². The molecule has 1 saturated heterocycles. The number of nitrogens with zero attached hydrogens (tertiary/aromatic N) is 4. The molecule has 5 aromatic rings. The van der Waals surface area contributed by atoms with Gasteiger partial charge in [-0.1, -0.05) is 18.2 Å². The van der Waals surface area contributed by atoms with E-state index in [1.807, 2.05) is 0 Å². The summed E-state index contributed by atoms with van der Waals surface area (Å²) in [7, 11) is -4.03. The van der Waals surface area contributed by atoms with Crippen LogP contribution in [0.15, 0.2) is 84.0 Å². The summed E-state index contributed by atoms with van der Waals surface area (Å²) < 4.78 is 71.3. The molecule has 2 aromatic heterocycles. The summed E-state index contributed by atoms with van der Waals surface area (Å²) in [6.45, 7) is 7.84. The van der Waals surface area contributed by atoms with Crippen molar-refractivity contribution in [3.63, 3.8) is 0 Å². The van der Waals surface area contributed by atoms with E-state index in [-0.39, 0.29) is 40.2 Å². The van der Waals surface area contributed by atoms with E-state index in [0.29, 0.717) is 23.3 Å². The molecule has 1 aliphatic rings. The molecular weight excluding hydrogens is 550 g/mol. The second kappa shape index (κ2) is 10.8. The first-order valence-electron chi connectivity index (χ1n) is 13.0. The van der Waals surface area contributed by atoms with E-state index in [2.05, 4.69) is 9.94 Å². The highest BCUT2D eigenvalue weighted by Crippen LogP contribution is 2.38. The normalized spacial score (nSPS) is 15.6. The average molecular weight is 575 g/mol. The monoisotopic (exact) mass is 574 g/mol. The lowest BCUT2D eigenvalue weighted by Gasteiger charge is -2.22. The van der Waals surface area contributed by atoms with Gasteiger partial charge in [0.25, 0.3) is 10.0 Å². The first-order chi connectivity index (χ1) is 19.8. The fourth-order valence-electron chi connectivity index (χ4n) is 4.98. The minimum absolute atomic E-state index is 0.0593. The molecule has 0 N–H and O–H groups in total. The zero-order chi connectivity index (χ0) is 28.6. The number of aromatic nitrogens is 3. The predicted molar refractivity (Wildman–Crippen MR) is 148 cm³/mol. The number of hydrogen-bond donors (Lipinski definition) is 0. The number of ether oxygens (including phenoxy) is 2. The molecule has 0 aliphatic carbocycles. The molecule has 0 amide bonds. The Morgan fingerprint density at radius 1 is 1.02 bits per heavy atom. The van der Waals surface area contributed by atoms with Gasteiger partial charge >= 0.3 is 0 Å². The van der Waals surface area contributed by atoms with E-state index >= 15 is 4.39 Å². The van der Waals surface area contributed by atoms with Crippen LogP contribution in [0.3, 0.4) is 0 Å². The van der Waals surface area contributed by atoms with Crippen molar-refractivity contribution < 1.29 is 26.7 Å². The third-order valence-electron chi connectivity index (χ3n) is 7.00. The smallest absolute Gasteiger partial charge is 0.268 e. The highest BCUT2D eigenvalue weighted by atomic mass is 32.2. The van der Waals surface area contributed by atoms with Gasteiger partial charge in [-0.3, -0.25) is 0 Å². The lowest BCUT2D eigenvalue weighted by Crippen LogP contribution is -2.18. The number of fused-ring (bicyclic) bond motifs is 1. The summed E-state index contributed by atoms with van der Waals surface area (Å²) in [5.74, 6) is -1.64. The van der Waals surface area contributed by atoms with Crippen molar-refractivity contribution >= 4 is 26.6 Å². The molecule has 11 heteroatoms. The summed E-state index contributed by atoms with van der Waals surface area (Å²) in [6.07, 6.45) is 5.94. The lowest BCUT2D eigenvalue weighted by atomic mass is 10.0. The Bertz CT molecular complexity index is 1890. The Balaban J connectivity index is 1.47. The van der Waals surface area contributed by atoms with Gasteiger partial charge in [-0.25, -0.2) is 30.7 Å². The van der Waals surface area contributed by atoms with Gasteiger partial charge in [-0.05, 0) is 61.7 Å². The number of halogens is 2. The van der Waals surface area contributed by atoms with E-state index in [0.717, 1.165) is 35.4 Å². The van der Waals surface area contributed by atoms with E-state index < -0.39 is 21.7 Å². The predicted octanol–water partition coefficient (Wildman–Crippen LogP) is 6.99. The summed E-state index contributed by atoms with van der Waals surface area (Å²) >= 11 is 0. The number of benzene rings is 3. The molecule has 0 saturated carbocycles. The van der Waals surface area contributed by atoms with Crippen LogP contribution >= 0.6 is 0 Å². The first kappa shape index (κ1) is 26.7. The quantitative estimate of drug-likeness (QED) is 0.196. The molecule has 0 bridgehead atoms. The van der Waals surface area contributed by atoms with E-state index in [4.69, 9.17) is 16.0 Å². The Hall–Kier alpha value is -4.53. The van der Waals surface area contributed by atoms with Gasteiger partial charge in [0, 0.05) is 42.4 Å². The van der Waals surface area contributed by atoms with Crippen LogP contribution in [0.25, 0.3) is 15.7 Å². The van der Waals surface area contributed by atoms with E-state index in [9.17, 15) is 12.8 Å². The van der Waals surface area contributed by atoms with Crippen LogP contribution in [0.4, 0.5) is 14.5 Å². The van der Waals surface area contributed by atoms with Crippen LogP contribution in [0.1, 0.15) is 36.7 Å². The standard InChI is InChI=1S/C30H24F2N4O4S/c1-33-27-18-21(10-11-25(27)31)40-30-24(17-20-12-14-35(34-20)29-9-5-6-16-39-29)23-13-15-36(28(23)19-26(30)32)41(37,38)22-7-3-2-4-8-22/h2-4,7-8,10-15,18-19,29H,5-6,9,16-17H2. The van der Waals surface area contributed by atoms with Crippen molar-refractivity contribution in [1.29, 1.82) is 0 Å². The summed E-state index contributed by atoms with van der Waals surface area (Å²) in [5, 5.41) is 5.10. The van der Waals surface area contributed by atoms with Gasteiger partial charge in [0.05, 0.1) is 22.7 Å². The molecule has 208 valence electrons. The van der Waals surface area contributed by atoms with Crippen molar-refractivity contribution in [3.8, 4) is 11.5 Å². The fraction of sp³-hybridized carbons (Fsp3) is 0.200. The maximum absolute atomic E-state index is 15.9. The Kier molecular flexibility index (Phi) is 7.03. The summed E-state index contributed by atoms with van der Waals surface area (Å²) in [4.78, 5) is 3.21. The molecule has 3 heterocycles. The number of hydrogen-bond acceptors (Lipinski definition) is 5. The van der Waals surface area contributed by atoms with Crippen molar-refractivity contribution in [3.05, 3.63) is 113 Å². The Morgan fingerprint density at radius 2 is 1.85 bits per heavy atom. The Labute approximate surface area is 235 Å². The van der Waals surface area contributed by atoms with Gasteiger partial charge in [0.2, 0.25) is 5.69 Å². The van der Waals surface area contributed by atoms with Crippen LogP contribution < -0.4 is 4.74 Å². The van der Waals surface area contributed by atoms with Gasteiger partial charge in [-0.15, -0.1) is 0 Å². The molecule has 41 heavy (non-hydrogen) atoms. The zero-order valence-electron chi connectivity index (χ0n) is 21.7. The minimum atomic E-state index is -4.03. The van der Waals surface area contributed by atoms with Gasteiger partial charge in [0.15, 0.2) is 11.6 Å². The molecule has 0 radical (unpaired) electrons. The van der Waals surface area contributed by atoms with Crippen molar-refractivity contribution in [1.82, 2.24) is 13.8 Å². The molecular formula is C30H24F2N4O4S. The molecule has 1 aliphatic heterocycles. The van der Waals surface area contributed by atoms with Crippen LogP contribution in [0.2, 0.25) is 0 Å². The van der Waals surface area contributed by atoms with Crippen molar-refractivity contribution in [2.45, 2.75) is 36.8 Å². The van der Waals surface area contributed by atoms with Gasteiger partial charge < -0.3 is 9.47 Å². The molecule has 8 nitrogen and oxygen atoms in total. The topological polar surface area (TPSA) is 79.7 Å². The van der Waals surface area contributed by atoms with Crippen LogP contribution in [-0.2, 0) is 21.2 Å². The minimum Gasteiger partial charge on any atom is -0.455 e. The van der Waals surface area contributed by atoms with E-state index in [1.165, 1.54) is 30.5 Å². The second-order valence-electron chi connectivity index (χ2n) is 9.64. The molecule has 1 fully saturated rings. The molecule has 0 spiro atoms. The summed E-state index contributed by atoms with van der Waals surface area (Å²) in [6, 6.07) is 15.9. The Morgan fingerprint density at radius 3 is 2.61 bits per heavy atom. The highest BCUT2D eigenvalue weighted by Gasteiger charge is 2.25. The first-order valence-corrected chi connectivity index (χ1v) is 14.4. The van der Waals surface area contributed by atoms with Crippen LogP contribution in [0, 0.1) is 18.2 Å². The molecule has 1 unspecified atom stereocenters. The fourth-order valence-corrected chi connectivity index (χ4v) is 6.34. The van der Waals surface area contributed by atoms with Crippen LogP contribution in [0.5, 0.6) is 11.5 Å². The summed E-state index contributed by atoms with van der Waals surface area (Å²) in [5.41, 5.74) is 0.808. The number of rotatable bonds is 7. The SMILES string of the molecule is [C-]#[N+]c1cc(Oc2c(F)cc3c(ccn3S(=O)(=O)c3ccccc3)c2Cc2ccn(C3CCCCO3)n2)ccc1F. The maximum atomic E-state index is 15.9. The molecule has 3 aromatic carbocycles. The third kappa shape index (κ3) is 5.08. The van der Waals surface area contributed by atoms with Crippen molar-refractivity contribution in [2.24, 2.45) is 0 Å². The van der Waals surface area contributed by atoms with Gasteiger partial charge in [-0.2, -0.15) is 5.10 Å². The van der Waals surface area contributed by atoms with Gasteiger partial charge in [0.1, 0.15) is 17.8 Å². The maximum Gasteiger partial charge on any atom is 0.268 e. The molecule has 6 rings (SSSR count). The average Bonchev–Trinajstić information content (AvgIpc) is 3.64. The largest absolute Gasteiger partial charge is 0.455 e.